The molecule has 0 aromatic heterocycles. The van der Waals surface area contributed by atoms with E-state index in [2.05, 4.69) is 17.0 Å². The summed E-state index contributed by atoms with van der Waals surface area (Å²) in [5.74, 6) is 0. The Bertz CT molecular complexity index is 444. The van der Waals surface area contributed by atoms with E-state index in [4.69, 9.17) is 0 Å². The average Bonchev–Trinajstić information content (AvgIpc) is 2.30. The van der Waals surface area contributed by atoms with E-state index in [9.17, 15) is 8.42 Å². The first-order valence-corrected chi connectivity index (χ1v) is 7.37. The van der Waals surface area contributed by atoms with Crippen LogP contribution in [0.25, 0.3) is 0 Å². The zero-order valence-electron chi connectivity index (χ0n) is 10.4. The smallest absolute Gasteiger partial charge is 0.240 e. The molecule has 2 N–H and O–H groups in total. The van der Waals surface area contributed by atoms with Crippen molar-refractivity contribution in [2.45, 2.75) is 31.7 Å². The van der Waals surface area contributed by atoms with Gasteiger partial charge in [0.25, 0.3) is 0 Å². The molecule has 0 aliphatic rings. The molecule has 0 spiro atoms. The molecule has 0 saturated carbocycles. The van der Waals surface area contributed by atoms with E-state index in [1.807, 2.05) is 6.07 Å². The number of hydrogen-bond donors (Lipinski definition) is 2. The molecule has 0 fully saturated rings. The minimum absolute atomic E-state index is 0.329. The van der Waals surface area contributed by atoms with E-state index < -0.39 is 10.0 Å². The van der Waals surface area contributed by atoms with Gasteiger partial charge in [-0.2, -0.15) is 0 Å². The molecular weight excluding hydrogens is 236 g/mol. The minimum atomic E-state index is -3.34. The van der Waals surface area contributed by atoms with E-state index in [0.717, 1.165) is 18.5 Å². The van der Waals surface area contributed by atoms with Crippen molar-refractivity contribution in [3.05, 3.63) is 29.8 Å². The van der Waals surface area contributed by atoms with E-state index >= 15 is 0 Å². The van der Waals surface area contributed by atoms with Gasteiger partial charge in [-0.15, -0.1) is 0 Å². The highest BCUT2D eigenvalue weighted by atomic mass is 32.2. The van der Waals surface area contributed by atoms with Crippen molar-refractivity contribution < 1.29 is 8.42 Å². The summed E-state index contributed by atoms with van der Waals surface area (Å²) in [4.78, 5) is 0.329. The Morgan fingerprint density at radius 2 is 2.00 bits per heavy atom. The third-order valence-electron chi connectivity index (χ3n) is 2.30. The second-order valence-corrected chi connectivity index (χ2v) is 5.59. The highest BCUT2D eigenvalue weighted by Gasteiger charge is 2.12. The number of sulfonamides is 1. The summed E-state index contributed by atoms with van der Waals surface area (Å²) < 4.78 is 26.1. The predicted molar refractivity (Wildman–Crippen MR) is 69.3 cm³/mol. The second kappa shape index (κ2) is 6.74. The largest absolute Gasteiger partial charge is 0.313 e. The molecule has 0 unspecified atom stereocenters. The van der Waals surface area contributed by atoms with E-state index in [1.54, 1.807) is 25.1 Å². The molecule has 4 nitrogen and oxygen atoms in total. The van der Waals surface area contributed by atoms with Gasteiger partial charge in [0.05, 0.1) is 4.90 Å². The lowest BCUT2D eigenvalue weighted by Crippen LogP contribution is -2.23. The summed E-state index contributed by atoms with van der Waals surface area (Å²) in [5.41, 5.74) is 0.984. The van der Waals surface area contributed by atoms with Crippen LogP contribution in [0.4, 0.5) is 0 Å². The lowest BCUT2D eigenvalue weighted by molar-refractivity contribution is 0.583. The van der Waals surface area contributed by atoms with Crippen LogP contribution in [-0.2, 0) is 16.6 Å². The predicted octanol–water partition coefficient (Wildman–Crippen LogP) is 1.48. The van der Waals surface area contributed by atoms with Crippen LogP contribution in [0, 0.1) is 0 Å². The summed E-state index contributed by atoms with van der Waals surface area (Å²) >= 11 is 0. The minimum Gasteiger partial charge on any atom is -0.313 e. The molecule has 0 aliphatic carbocycles. The molecule has 17 heavy (non-hydrogen) atoms. The van der Waals surface area contributed by atoms with E-state index in [1.165, 1.54) is 0 Å². The number of rotatable bonds is 7. The summed E-state index contributed by atoms with van der Waals surface area (Å²) in [6.45, 7) is 5.90. The van der Waals surface area contributed by atoms with Crippen molar-refractivity contribution >= 4 is 10.0 Å². The Morgan fingerprint density at radius 1 is 1.24 bits per heavy atom. The zero-order chi connectivity index (χ0) is 12.7. The molecule has 0 amide bonds. The lowest BCUT2D eigenvalue weighted by Gasteiger charge is -2.07. The number of nitrogens with one attached hydrogen (secondary N) is 2. The zero-order valence-corrected chi connectivity index (χ0v) is 11.2. The Kier molecular flexibility index (Phi) is 5.61. The molecule has 5 heteroatoms. The first-order chi connectivity index (χ1) is 8.10. The van der Waals surface area contributed by atoms with E-state index in [0.29, 0.717) is 18.0 Å². The lowest BCUT2D eigenvalue weighted by atomic mass is 10.2. The maximum Gasteiger partial charge on any atom is 0.240 e. The topological polar surface area (TPSA) is 58.2 Å². The fourth-order valence-corrected chi connectivity index (χ4v) is 2.62. The molecule has 0 aliphatic heterocycles. The highest BCUT2D eigenvalue weighted by Crippen LogP contribution is 2.11. The van der Waals surface area contributed by atoms with Gasteiger partial charge in [0.2, 0.25) is 10.0 Å². The monoisotopic (exact) mass is 256 g/mol. The highest BCUT2D eigenvalue weighted by molar-refractivity contribution is 7.89. The fourth-order valence-electron chi connectivity index (χ4n) is 1.51. The van der Waals surface area contributed by atoms with Gasteiger partial charge in [-0.3, -0.25) is 0 Å². The first-order valence-electron chi connectivity index (χ1n) is 5.89. The van der Waals surface area contributed by atoms with Crippen molar-refractivity contribution in [3.8, 4) is 0 Å². The maximum atomic E-state index is 11.8. The summed E-state index contributed by atoms with van der Waals surface area (Å²) in [5, 5.41) is 3.25. The third-order valence-corrected chi connectivity index (χ3v) is 3.84. The van der Waals surface area contributed by atoms with Crippen molar-refractivity contribution in [3.63, 3.8) is 0 Å². The van der Waals surface area contributed by atoms with Crippen molar-refractivity contribution in [2.75, 3.05) is 13.1 Å². The first kappa shape index (κ1) is 14.2. The molecule has 0 radical (unpaired) electrons. The molecule has 0 heterocycles. The van der Waals surface area contributed by atoms with Crippen LogP contribution in [0.3, 0.4) is 0 Å². The van der Waals surface area contributed by atoms with Crippen molar-refractivity contribution in [1.82, 2.24) is 10.0 Å². The molecule has 0 bridgehead atoms. The number of hydrogen-bond acceptors (Lipinski definition) is 3. The molecule has 1 aromatic rings. The second-order valence-electron chi connectivity index (χ2n) is 3.83. The molecule has 96 valence electrons. The fraction of sp³-hybridized carbons (Fsp3) is 0.500. The van der Waals surface area contributed by atoms with Gasteiger partial charge in [0.1, 0.15) is 0 Å². The van der Waals surface area contributed by atoms with Gasteiger partial charge < -0.3 is 5.32 Å². The molecule has 0 atom stereocenters. The van der Waals surface area contributed by atoms with Crippen LogP contribution in [0.15, 0.2) is 29.2 Å². The summed E-state index contributed by atoms with van der Waals surface area (Å²) in [6, 6.07) is 7.02. The van der Waals surface area contributed by atoms with Crippen LogP contribution in [0.5, 0.6) is 0 Å². The van der Waals surface area contributed by atoms with Crippen molar-refractivity contribution in [1.29, 1.82) is 0 Å². The van der Waals surface area contributed by atoms with Gasteiger partial charge in [-0.05, 0) is 30.7 Å². The molecular formula is C12H20N2O2S. The molecule has 1 aromatic carbocycles. The van der Waals surface area contributed by atoms with Crippen LogP contribution in [0.1, 0.15) is 25.8 Å². The van der Waals surface area contributed by atoms with Gasteiger partial charge in [0, 0.05) is 13.1 Å². The van der Waals surface area contributed by atoms with Gasteiger partial charge in [-0.1, -0.05) is 26.0 Å². The van der Waals surface area contributed by atoms with Crippen LogP contribution >= 0.6 is 0 Å². The standard InChI is InChI=1S/C12H20N2O2S/c1-3-8-13-10-11-6-5-7-12(9-11)17(15,16)14-4-2/h5-7,9,13-14H,3-4,8,10H2,1-2H3. The van der Waals surface area contributed by atoms with Crippen LogP contribution in [0.2, 0.25) is 0 Å². The van der Waals surface area contributed by atoms with Crippen LogP contribution in [-0.4, -0.2) is 21.5 Å². The summed E-state index contributed by atoms with van der Waals surface area (Å²) in [6.07, 6.45) is 1.06. The van der Waals surface area contributed by atoms with Gasteiger partial charge in [-0.25, -0.2) is 13.1 Å². The Hall–Kier alpha value is -0.910. The number of benzene rings is 1. The van der Waals surface area contributed by atoms with Crippen molar-refractivity contribution in [2.24, 2.45) is 0 Å². The van der Waals surface area contributed by atoms with Gasteiger partial charge >= 0.3 is 0 Å². The Labute approximate surface area is 103 Å². The normalized spacial score (nSPS) is 11.6. The SMILES string of the molecule is CCCNCc1cccc(S(=O)(=O)NCC)c1. The summed E-state index contributed by atoms with van der Waals surface area (Å²) in [7, 11) is -3.34. The Morgan fingerprint density at radius 3 is 2.65 bits per heavy atom. The van der Waals surface area contributed by atoms with Gasteiger partial charge in [0.15, 0.2) is 0 Å². The average molecular weight is 256 g/mol. The van der Waals surface area contributed by atoms with E-state index in [-0.39, 0.29) is 0 Å². The maximum absolute atomic E-state index is 11.8. The van der Waals surface area contributed by atoms with Crippen LogP contribution < -0.4 is 10.0 Å². The quantitative estimate of drug-likeness (QED) is 0.727. The molecule has 1 rings (SSSR count). The third kappa shape index (κ3) is 4.46. The molecule has 0 saturated heterocycles. The Balaban J connectivity index is 2.78.